The molecule has 1 amide bonds. The van der Waals surface area contributed by atoms with E-state index in [9.17, 15) is 4.79 Å². The third-order valence-corrected chi connectivity index (χ3v) is 6.33. The molecule has 0 aliphatic carbocycles. The smallest absolute Gasteiger partial charge is 0.283 e. The van der Waals surface area contributed by atoms with Gasteiger partial charge in [0.2, 0.25) is 0 Å². The number of nitriles is 1. The topological polar surface area (TPSA) is 61.4 Å². The maximum Gasteiger partial charge on any atom is 0.283 e. The molecule has 0 saturated carbocycles. The second-order valence-electron chi connectivity index (χ2n) is 7.38. The third kappa shape index (κ3) is 3.37. The van der Waals surface area contributed by atoms with E-state index in [4.69, 9.17) is 5.26 Å². The van der Waals surface area contributed by atoms with Gasteiger partial charge in [0.05, 0.1) is 17.5 Å². The lowest BCUT2D eigenvalue weighted by molar-refractivity contribution is -0.113. The molecule has 1 aliphatic rings. The van der Waals surface area contributed by atoms with Crippen LogP contribution in [0.25, 0.3) is 27.9 Å². The van der Waals surface area contributed by atoms with Gasteiger partial charge in [0.25, 0.3) is 5.91 Å². The van der Waals surface area contributed by atoms with E-state index in [0.29, 0.717) is 10.9 Å². The maximum absolute atomic E-state index is 13.3. The van der Waals surface area contributed by atoms with Crippen molar-refractivity contribution in [3.05, 3.63) is 84.1 Å². The van der Waals surface area contributed by atoms with Gasteiger partial charge in [0.1, 0.15) is 5.70 Å². The van der Waals surface area contributed by atoms with Crippen molar-refractivity contribution < 1.29 is 4.79 Å². The van der Waals surface area contributed by atoms with Crippen LogP contribution in [0.1, 0.15) is 12.5 Å². The summed E-state index contributed by atoms with van der Waals surface area (Å²) in [6, 6.07) is 26.1. The standard InChI is InChI=1S/C26H20N4OS/c1-2-29-23-11-7-6-10-20(23)21-16-18(12-13-24(21)29)17-22-25(31)30(19-8-4-3-5-9-19)26(28-22)32-15-14-27/h3-13,16-17H,2,15H2,1H3/b22-17-. The highest BCUT2D eigenvalue weighted by Crippen LogP contribution is 2.32. The first kappa shape index (κ1) is 20.1. The Bertz CT molecular complexity index is 1440. The molecule has 0 N–H and O–H groups in total. The fraction of sp³-hybridized carbons (Fsp3) is 0.115. The number of thioether (sulfide) groups is 1. The molecule has 0 saturated heterocycles. The molecule has 3 aromatic carbocycles. The summed E-state index contributed by atoms with van der Waals surface area (Å²) in [6.07, 6.45) is 1.83. The number of carbonyl (C=O) groups excluding carboxylic acids is 1. The zero-order valence-electron chi connectivity index (χ0n) is 17.5. The number of nitrogens with zero attached hydrogens (tertiary/aromatic N) is 4. The SMILES string of the molecule is CCn1c2ccccc2c2cc(/C=C3\N=C(SCC#N)N(c4ccccc4)C3=O)ccc21. The van der Waals surface area contributed by atoms with E-state index in [0.717, 1.165) is 23.2 Å². The first-order chi connectivity index (χ1) is 15.7. The lowest BCUT2D eigenvalue weighted by Gasteiger charge is -2.16. The molecule has 2 heterocycles. The predicted octanol–water partition coefficient (Wildman–Crippen LogP) is 5.81. The molecule has 32 heavy (non-hydrogen) atoms. The third-order valence-electron chi connectivity index (χ3n) is 5.53. The van der Waals surface area contributed by atoms with Crippen molar-refractivity contribution in [1.29, 1.82) is 5.26 Å². The Kier molecular flexibility index (Phi) is 5.26. The summed E-state index contributed by atoms with van der Waals surface area (Å²) in [5.74, 6) is 0.0401. The number of hydrogen-bond donors (Lipinski definition) is 0. The molecule has 0 atom stereocenters. The number of para-hydroxylation sites is 2. The zero-order valence-corrected chi connectivity index (χ0v) is 18.3. The Morgan fingerprint density at radius 3 is 2.53 bits per heavy atom. The van der Waals surface area contributed by atoms with Crippen molar-refractivity contribution in [1.82, 2.24) is 4.57 Å². The summed E-state index contributed by atoms with van der Waals surface area (Å²) in [5.41, 5.74) is 4.41. The lowest BCUT2D eigenvalue weighted by atomic mass is 10.1. The number of fused-ring (bicyclic) bond motifs is 3. The van der Waals surface area contributed by atoms with E-state index in [1.807, 2.05) is 48.5 Å². The summed E-state index contributed by atoms with van der Waals surface area (Å²) in [6.45, 7) is 3.03. The molecule has 0 unspecified atom stereocenters. The molecule has 0 spiro atoms. The van der Waals surface area contributed by atoms with Crippen molar-refractivity contribution in [3.63, 3.8) is 0 Å². The van der Waals surface area contributed by atoms with Crippen molar-refractivity contribution in [2.24, 2.45) is 4.99 Å². The minimum atomic E-state index is -0.187. The van der Waals surface area contributed by atoms with E-state index in [1.165, 1.54) is 28.2 Å². The summed E-state index contributed by atoms with van der Waals surface area (Å²) >= 11 is 1.27. The van der Waals surface area contributed by atoms with Gasteiger partial charge < -0.3 is 4.57 Å². The van der Waals surface area contributed by atoms with Gasteiger partial charge in [-0.2, -0.15) is 5.26 Å². The molecule has 4 aromatic rings. The van der Waals surface area contributed by atoms with Crippen LogP contribution in [0.15, 0.2) is 83.5 Å². The van der Waals surface area contributed by atoms with Crippen LogP contribution < -0.4 is 4.90 Å². The van der Waals surface area contributed by atoms with Crippen molar-refractivity contribution in [3.8, 4) is 6.07 Å². The molecule has 0 radical (unpaired) electrons. The summed E-state index contributed by atoms with van der Waals surface area (Å²) in [4.78, 5) is 19.4. The van der Waals surface area contributed by atoms with E-state index in [1.54, 1.807) is 4.90 Å². The van der Waals surface area contributed by atoms with Gasteiger partial charge >= 0.3 is 0 Å². The molecule has 1 aliphatic heterocycles. The number of amidine groups is 1. The Morgan fingerprint density at radius 1 is 1.00 bits per heavy atom. The van der Waals surface area contributed by atoms with Crippen molar-refractivity contribution in [2.75, 3.05) is 10.7 Å². The number of hydrogen-bond acceptors (Lipinski definition) is 4. The first-order valence-electron chi connectivity index (χ1n) is 10.4. The Hall–Kier alpha value is -3.82. The van der Waals surface area contributed by atoms with E-state index < -0.39 is 0 Å². The van der Waals surface area contributed by atoms with Gasteiger partial charge in [0.15, 0.2) is 5.17 Å². The van der Waals surface area contributed by atoms with Crippen molar-refractivity contribution in [2.45, 2.75) is 13.5 Å². The quantitative estimate of drug-likeness (QED) is 0.379. The van der Waals surface area contributed by atoms with E-state index >= 15 is 0 Å². The highest BCUT2D eigenvalue weighted by molar-refractivity contribution is 8.14. The zero-order chi connectivity index (χ0) is 22.1. The van der Waals surface area contributed by atoms with Crippen LogP contribution in [-0.2, 0) is 11.3 Å². The average Bonchev–Trinajstić information content (AvgIpc) is 3.32. The summed E-state index contributed by atoms with van der Waals surface area (Å²) in [5, 5.41) is 11.9. The van der Waals surface area contributed by atoms with Crippen LogP contribution in [0.5, 0.6) is 0 Å². The van der Waals surface area contributed by atoms with Crippen LogP contribution in [0.3, 0.4) is 0 Å². The number of anilines is 1. The molecule has 6 heteroatoms. The molecule has 5 rings (SSSR count). The molecular weight excluding hydrogens is 416 g/mol. The predicted molar refractivity (Wildman–Crippen MR) is 133 cm³/mol. The van der Waals surface area contributed by atoms with Crippen molar-refractivity contribution >= 4 is 56.4 Å². The summed E-state index contributed by atoms with van der Waals surface area (Å²) in [7, 11) is 0. The largest absolute Gasteiger partial charge is 0.341 e. The van der Waals surface area contributed by atoms with Crippen LogP contribution in [0.4, 0.5) is 5.69 Å². The van der Waals surface area contributed by atoms with Crippen LogP contribution in [0, 0.1) is 11.3 Å². The van der Waals surface area contributed by atoms with Crippen LogP contribution in [0.2, 0.25) is 0 Å². The van der Waals surface area contributed by atoms with Gasteiger partial charge in [0, 0.05) is 28.4 Å². The molecular formula is C26H20N4OS. The first-order valence-corrected chi connectivity index (χ1v) is 11.4. The number of benzene rings is 3. The molecule has 1 aromatic heterocycles. The minimum Gasteiger partial charge on any atom is -0.341 e. The highest BCUT2D eigenvalue weighted by atomic mass is 32.2. The van der Waals surface area contributed by atoms with Crippen LogP contribution in [-0.4, -0.2) is 21.4 Å². The second-order valence-corrected chi connectivity index (χ2v) is 8.33. The van der Waals surface area contributed by atoms with Crippen LogP contribution >= 0.6 is 11.8 Å². The fourth-order valence-corrected chi connectivity index (χ4v) is 4.83. The summed E-state index contributed by atoms with van der Waals surface area (Å²) < 4.78 is 2.30. The molecule has 0 bridgehead atoms. The van der Waals surface area contributed by atoms with E-state index in [2.05, 4.69) is 52.9 Å². The normalized spacial score (nSPS) is 15.0. The van der Waals surface area contributed by atoms with Gasteiger partial charge in [-0.1, -0.05) is 54.2 Å². The number of rotatable bonds is 4. The molecule has 156 valence electrons. The molecule has 0 fully saturated rings. The van der Waals surface area contributed by atoms with Gasteiger partial charge in [-0.3, -0.25) is 9.69 Å². The lowest BCUT2D eigenvalue weighted by Crippen LogP contribution is -2.30. The Balaban J connectivity index is 1.59. The number of carbonyl (C=O) groups is 1. The molecule has 5 nitrogen and oxygen atoms in total. The van der Waals surface area contributed by atoms with E-state index in [-0.39, 0.29) is 11.7 Å². The fourth-order valence-electron chi connectivity index (χ4n) is 4.15. The number of aliphatic imine (C=N–C) groups is 1. The Morgan fingerprint density at radius 2 is 1.75 bits per heavy atom. The number of amides is 1. The van der Waals surface area contributed by atoms with Gasteiger partial charge in [-0.05, 0) is 48.9 Å². The second kappa shape index (κ2) is 8.37. The highest BCUT2D eigenvalue weighted by Gasteiger charge is 2.31. The number of aromatic nitrogens is 1. The monoisotopic (exact) mass is 436 g/mol. The van der Waals surface area contributed by atoms with Gasteiger partial charge in [-0.25, -0.2) is 4.99 Å². The number of aryl methyl sites for hydroxylation is 1. The maximum atomic E-state index is 13.3. The average molecular weight is 437 g/mol. The van der Waals surface area contributed by atoms with Gasteiger partial charge in [-0.15, -0.1) is 0 Å². The Labute approximate surface area is 190 Å². The minimum absolute atomic E-state index is 0.187.